The highest BCUT2D eigenvalue weighted by Crippen LogP contribution is 2.25. The molecule has 3 aromatic rings. The van der Waals surface area contributed by atoms with Gasteiger partial charge in [0.2, 0.25) is 0 Å². The maximum atomic E-state index is 13.4. The number of carbonyl (C=O) groups excluding carboxylic acids is 1. The van der Waals surface area contributed by atoms with Crippen LogP contribution >= 0.6 is 0 Å². The van der Waals surface area contributed by atoms with E-state index in [-0.39, 0.29) is 18.1 Å². The maximum Gasteiger partial charge on any atom is 0.322 e. The largest absolute Gasteiger partial charge is 0.331 e. The third-order valence-electron chi connectivity index (χ3n) is 6.08. The molecule has 0 aliphatic rings. The van der Waals surface area contributed by atoms with Crippen molar-refractivity contribution in [3.8, 4) is 11.1 Å². The summed E-state index contributed by atoms with van der Waals surface area (Å²) in [5.74, 6) is 0.473. The summed E-state index contributed by atoms with van der Waals surface area (Å²) in [7, 11) is 0. The minimum atomic E-state index is -0.132. The number of benzene rings is 3. The molecule has 3 rings (SSSR count). The molecule has 0 radical (unpaired) electrons. The Kier molecular flexibility index (Phi) is 9.29. The molecule has 0 aliphatic heterocycles. The van der Waals surface area contributed by atoms with Crippen molar-refractivity contribution in [1.29, 1.82) is 0 Å². The molecule has 0 saturated heterocycles. The summed E-state index contributed by atoms with van der Waals surface area (Å²) in [5.41, 5.74) is 12.0. The van der Waals surface area contributed by atoms with Crippen LogP contribution in [0.5, 0.6) is 0 Å². The first-order chi connectivity index (χ1) is 16.4. The number of carbonyl (C=O) groups is 1. The highest BCUT2D eigenvalue weighted by atomic mass is 16.2. The number of nitrogens with two attached hydrogens (primary N) is 1. The number of rotatable bonds is 10. The Morgan fingerprint density at radius 2 is 1.47 bits per heavy atom. The summed E-state index contributed by atoms with van der Waals surface area (Å²) < 4.78 is 0. The van der Waals surface area contributed by atoms with Crippen LogP contribution in [0.4, 0.5) is 10.5 Å². The van der Waals surface area contributed by atoms with Gasteiger partial charge in [0.05, 0.1) is 6.04 Å². The van der Waals surface area contributed by atoms with Crippen LogP contribution in [-0.2, 0) is 6.42 Å². The molecule has 180 valence electrons. The third-order valence-corrected chi connectivity index (χ3v) is 6.08. The molecule has 0 aliphatic carbocycles. The Morgan fingerprint density at radius 3 is 2.03 bits per heavy atom. The first-order valence-electron chi connectivity index (χ1n) is 12.4. The first-order valence-corrected chi connectivity index (χ1v) is 12.4. The van der Waals surface area contributed by atoms with Crippen LogP contribution in [0.15, 0.2) is 78.9 Å². The highest BCUT2D eigenvalue weighted by Gasteiger charge is 2.21. The second-order valence-electron chi connectivity index (χ2n) is 9.58. The summed E-state index contributed by atoms with van der Waals surface area (Å²) in [4.78, 5) is 15.1. The predicted molar refractivity (Wildman–Crippen MR) is 144 cm³/mol. The van der Waals surface area contributed by atoms with Crippen LogP contribution in [0, 0.1) is 5.92 Å². The van der Waals surface area contributed by atoms with Crippen molar-refractivity contribution in [3.05, 3.63) is 90.0 Å². The summed E-state index contributed by atoms with van der Waals surface area (Å²) >= 11 is 0. The Bertz CT molecular complexity index is 1010. The average molecular weight is 458 g/mol. The van der Waals surface area contributed by atoms with Crippen LogP contribution in [0.2, 0.25) is 0 Å². The fourth-order valence-electron chi connectivity index (χ4n) is 4.29. The van der Waals surface area contributed by atoms with Gasteiger partial charge in [-0.25, -0.2) is 4.79 Å². The maximum absolute atomic E-state index is 13.4. The van der Waals surface area contributed by atoms with E-state index in [2.05, 4.69) is 62.5 Å². The molecule has 0 aromatic heterocycles. The van der Waals surface area contributed by atoms with Crippen LogP contribution in [0.1, 0.15) is 57.7 Å². The summed E-state index contributed by atoms with van der Waals surface area (Å²) in [6.07, 6.45) is 3.11. The lowest BCUT2D eigenvalue weighted by Crippen LogP contribution is -2.47. The van der Waals surface area contributed by atoms with Gasteiger partial charge in [-0.05, 0) is 60.1 Å². The standard InChI is InChI=1S/C30H39N3O/c1-5-9-24-12-14-26(15-13-24)27-16-18-29(19-17-27)33(21-28(31)20-22(2)3)30(34)32-23(4)25-10-7-6-8-11-25/h6-8,10-19,22-23,28H,5,9,20-21,31H2,1-4H3,(H,32,34)/t23-,28-/m0/s1. The molecule has 4 nitrogen and oxygen atoms in total. The van der Waals surface area contributed by atoms with Crippen LogP contribution in [0.25, 0.3) is 11.1 Å². The van der Waals surface area contributed by atoms with Crippen LogP contribution in [0.3, 0.4) is 0 Å². The van der Waals surface area contributed by atoms with Crippen LogP contribution < -0.4 is 16.0 Å². The molecule has 0 unspecified atom stereocenters. The van der Waals surface area contributed by atoms with Gasteiger partial charge in [-0.15, -0.1) is 0 Å². The van der Waals surface area contributed by atoms with Crippen molar-refractivity contribution in [2.75, 3.05) is 11.4 Å². The van der Waals surface area contributed by atoms with E-state index in [1.165, 1.54) is 11.1 Å². The first kappa shape index (κ1) is 25.5. The lowest BCUT2D eigenvalue weighted by atomic mass is 10.0. The molecular formula is C30H39N3O. The van der Waals surface area contributed by atoms with Gasteiger partial charge >= 0.3 is 6.03 Å². The number of aryl methyl sites for hydroxylation is 1. The predicted octanol–water partition coefficient (Wildman–Crippen LogP) is 6.96. The zero-order valence-corrected chi connectivity index (χ0v) is 21.0. The highest BCUT2D eigenvalue weighted by molar-refractivity contribution is 5.92. The molecule has 0 fully saturated rings. The van der Waals surface area contributed by atoms with Crippen molar-refractivity contribution >= 4 is 11.7 Å². The molecule has 0 heterocycles. The SMILES string of the molecule is CCCc1ccc(-c2ccc(N(C[C@@H](N)CC(C)C)C(=O)N[C@@H](C)c3ccccc3)cc2)cc1. The quantitative estimate of drug-likeness (QED) is 0.346. The van der Waals surface area contributed by atoms with Crippen molar-refractivity contribution in [1.82, 2.24) is 5.32 Å². The zero-order valence-electron chi connectivity index (χ0n) is 21.0. The van der Waals surface area contributed by atoms with Gasteiger partial charge in [-0.2, -0.15) is 0 Å². The molecule has 2 atom stereocenters. The number of anilines is 1. The molecule has 0 bridgehead atoms. The number of nitrogens with zero attached hydrogens (tertiary/aromatic N) is 1. The van der Waals surface area contributed by atoms with Crippen molar-refractivity contribution in [2.24, 2.45) is 11.7 Å². The molecule has 0 saturated carbocycles. The molecule has 3 N–H and O–H groups in total. The minimum Gasteiger partial charge on any atom is -0.331 e. The smallest absolute Gasteiger partial charge is 0.322 e. The molecular weight excluding hydrogens is 418 g/mol. The second-order valence-corrected chi connectivity index (χ2v) is 9.58. The molecule has 3 aromatic carbocycles. The molecule has 34 heavy (non-hydrogen) atoms. The van der Waals surface area contributed by atoms with E-state index in [9.17, 15) is 4.79 Å². The van der Waals surface area contributed by atoms with E-state index < -0.39 is 0 Å². The van der Waals surface area contributed by atoms with Crippen molar-refractivity contribution in [2.45, 2.75) is 59.0 Å². The van der Waals surface area contributed by atoms with Gasteiger partial charge in [0.1, 0.15) is 0 Å². The summed E-state index contributed by atoms with van der Waals surface area (Å²) in [6.45, 7) is 8.98. The van der Waals surface area contributed by atoms with Crippen molar-refractivity contribution in [3.63, 3.8) is 0 Å². The molecule has 4 heteroatoms. The average Bonchev–Trinajstić information content (AvgIpc) is 2.83. The lowest BCUT2D eigenvalue weighted by Gasteiger charge is -2.29. The van der Waals surface area contributed by atoms with E-state index in [0.717, 1.165) is 36.1 Å². The lowest BCUT2D eigenvalue weighted by molar-refractivity contribution is 0.242. The minimum absolute atomic E-state index is 0.0939. The molecule has 2 amide bonds. The van der Waals surface area contributed by atoms with Gasteiger partial charge in [0.25, 0.3) is 0 Å². The number of hydrogen-bond acceptors (Lipinski definition) is 2. The van der Waals surface area contributed by atoms with Gasteiger partial charge in [0.15, 0.2) is 0 Å². The number of hydrogen-bond donors (Lipinski definition) is 2. The topological polar surface area (TPSA) is 58.4 Å². The van der Waals surface area contributed by atoms with E-state index in [1.54, 1.807) is 4.90 Å². The van der Waals surface area contributed by atoms with E-state index in [0.29, 0.717) is 12.5 Å². The monoisotopic (exact) mass is 457 g/mol. The fraction of sp³-hybridized carbons (Fsp3) is 0.367. The van der Waals surface area contributed by atoms with Gasteiger partial charge in [-0.3, -0.25) is 4.90 Å². The van der Waals surface area contributed by atoms with E-state index in [4.69, 9.17) is 5.73 Å². The normalized spacial score (nSPS) is 12.9. The van der Waals surface area contributed by atoms with Gasteiger partial charge in [0, 0.05) is 18.3 Å². The fourth-order valence-corrected chi connectivity index (χ4v) is 4.29. The third kappa shape index (κ3) is 7.19. The van der Waals surface area contributed by atoms with Crippen LogP contribution in [-0.4, -0.2) is 18.6 Å². The number of amides is 2. The number of nitrogens with one attached hydrogen (secondary N) is 1. The molecule has 0 spiro atoms. The van der Waals surface area contributed by atoms with Gasteiger partial charge < -0.3 is 11.1 Å². The van der Waals surface area contributed by atoms with Crippen molar-refractivity contribution < 1.29 is 4.79 Å². The summed E-state index contributed by atoms with van der Waals surface area (Å²) in [6, 6.07) is 26.6. The van der Waals surface area contributed by atoms with E-state index >= 15 is 0 Å². The zero-order chi connectivity index (χ0) is 24.5. The Balaban J connectivity index is 1.79. The number of urea groups is 1. The Morgan fingerprint density at radius 1 is 0.882 bits per heavy atom. The second kappa shape index (κ2) is 12.4. The van der Waals surface area contributed by atoms with E-state index in [1.807, 2.05) is 49.4 Å². The Hall–Kier alpha value is -3.11. The van der Waals surface area contributed by atoms with Gasteiger partial charge in [-0.1, -0.05) is 93.9 Å². The Labute approximate surface area is 205 Å². The summed E-state index contributed by atoms with van der Waals surface area (Å²) in [5, 5.41) is 3.15.